The van der Waals surface area contributed by atoms with E-state index in [1.165, 1.54) is 6.47 Å². The second-order valence-corrected chi connectivity index (χ2v) is 3.58. The summed E-state index contributed by atoms with van der Waals surface area (Å²) in [6, 6.07) is 0. The standard InChI is InChI=1S/C4H5Br2O2/c1-3(5)4(6)8-2-7/h3-4H,1H3. The van der Waals surface area contributed by atoms with Crippen LogP contribution in [0.5, 0.6) is 0 Å². The maximum Gasteiger partial charge on any atom is 0.418 e. The molecule has 0 fully saturated rings. The van der Waals surface area contributed by atoms with Crippen molar-refractivity contribution >= 4 is 38.3 Å². The van der Waals surface area contributed by atoms with E-state index in [2.05, 4.69) is 36.6 Å². The van der Waals surface area contributed by atoms with Crippen molar-refractivity contribution in [1.82, 2.24) is 0 Å². The molecule has 2 unspecified atom stereocenters. The molecule has 2 atom stereocenters. The van der Waals surface area contributed by atoms with Gasteiger partial charge in [-0.05, 0) is 22.9 Å². The van der Waals surface area contributed by atoms with Crippen LogP contribution in [0.4, 0.5) is 0 Å². The average Bonchev–Trinajstić information content (AvgIpc) is 1.67. The molecule has 0 aliphatic rings. The summed E-state index contributed by atoms with van der Waals surface area (Å²) in [5.74, 6) is 0. The number of ether oxygens (including phenoxy) is 1. The van der Waals surface area contributed by atoms with Gasteiger partial charge in [-0.3, -0.25) is 0 Å². The highest BCUT2D eigenvalue weighted by molar-refractivity contribution is 9.12. The highest BCUT2D eigenvalue weighted by atomic mass is 79.9. The van der Waals surface area contributed by atoms with Crippen molar-refractivity contribution in [2.24, 2.45) is 0 Å². The first-order valence-corrected chi connectivity index (χ1v) is 3.82. The van der Waals surface area contributed by atoms with Crippen LogP contribution in [0.3, 0.4) is 0 Å². The number of hydrogen-bond acceptors (Lipinski definition) is 2. The molecule has 0 bridgehead atoms. The first-order valence-electron chi connectivity index (χ1n) is 1.99. The Morgan fingerprint density at radius 3 is 2.25 bits per heavy atom. The van der Waals surface area contributed by atoms with Crippen LogP contribution in [0.25, 0.3) is 0 Å². The van der Waals surface area contributed by atoms with Gasteiger partial charge in [0.2, 0.25) is 0 Å². The van der Waals surface area contributed by atoms with Crippen LogP contribution < -0.4 is 0 Å². The highest BCUT2D eigenvalue weighted by Gasteiger charge is 2.09. The monoisotopic (exact) mass is 243 g/mol. The van der Waals surface area contributed by atoms with Gasteiger partial charge in [0.1, 0.15) is 0 Å². The number of halogens is 2. The molecule has 4 heteroatoms. The zero-order valence-corrected chi connectivity index (χ0v) is 7.40. The molecule has 0 spiro atoms. The lowest BCUT2D eigenvalue weighted by Crippen LogP contribution is -2.12. The van der Waals surface area contributed by atoms with Crippen LogP contribution in [-0.4, -0.2) is 16.3 Å². The summed E-state index contributed by atoms with van der Waals surface area (Å²) < 4.78 is 4.37. The van der Waals surface area contributed by atoms with E-state index in [1.54, 1.807) is 0 Å². The molecule has 2 nitrogen and oxygen atoms in total. The van der Waals surface area contributed by atoms with E-state index in [9.17, 15) is 4.79 Å². The van der Waals surface area contributed by atoms with E-state index >= 15 is 0 Å². The third-order valence-electron chi connectivity index (χ3n) is 0.522. The second kappa shape index (κ2) is 4.32. The largest absolute Gasteiger partial charge is 0.441 e. The van der Waals surface area contributed by atoms with Crippen molar-refractivity contribution in [3.05, 3.63) is 0 Å². The minimum Gasteiger partial charge on any atom is -0.441 e. The zero-order chi connectivity index (χ0) is 6.57. The topological polar surface area (TPSA) is 26.3 Å². The minimum atomic E-state index is -0.278. The fourth-order valence-corrected chi connectivity index (χ4v) is 0.324. The summed E-state index contributed by atoms with van der Waals surface area (Å²) in [5.41, 5.74) is 0. The molecular formula is C4H5Br2O2. The van der Waals surface area contributed by atoms with Gasteiger partial charge in [0, 0.05) is 0 Å². The van der Waals surface area contributed by atoms with E-state index < -0.39 is 0 Å². The van der Waals surface area contributed by atoms with E-state index in [4.69, 9.17) is 0 Å². The third kappa shape index (κ3) is 3.43. The van der Waals surface area contributed by atoms with Crippen LogP contribution in [-0.2, 0) is 9.53 Å². The first-order chi connectivity index (χ1) is 3.68. The van der Waals surface area contributed by atoms with Crippen molar-refractivity contribution in [1.29, 1.82) is 0 Å². The zero-order valence-electron chi connectivity index (χ0n) is 4.23. The van der Waals surface area contributed by atoms with E-state index in [1.807, 2.05) is 6.92 Å². The Balaban J connectivity index is 3.30. The molecule has 0 heterocycles. The Morgan fingerprint density at radius 1 is 1.62 bits per heavy atom. The van der Waals surface area contributed by atoms with Gasteiger partial charge in [-0.2, -0.15) is 0 Å². The number of carbonyl (C=O) groups excluding carboxylic acids is 1. The van der Waals surface area contributed by atoms with Crippen LogP contribution in [0, 0.1) is 0 Å². The van der Waals surface area contributed by atoms with Crippen LogP contribution in [0.2, 0.25) is 0 Å². The third-order valence-corrected chi connectivity index (χ3v) is 2.69. The first kappa shape index (κ1) is 8.43. The van der Waals surface area contributed by atoms with E-state index in [0.29, 0.717) is 0 Å². The second-order valence-electron chi connectivity index (χ2n) is 1.23. The number of alkyl halides is 2. The molecule has 47 valence electrons. The minimum absolute atomic E-state index is 0.115. The Morgan fingerprint density at radius 2 is 2.12 bits per heavy atom. The summed E-state index contributed by atoms with van der Waals surface area (Å²) >= 11 is 6.26. The van der Waals surface area contributed by atoms with Gasteiger partial charge in [0.15, 0.2) is 5.01 Å². The van der Waals surface area contributed by atoms with E-state index in [-0.39, 0.29) is 9.84 Å². The van der Waals surface area contributed by atoms with Crippen LogP contribution in [0.15, 0.2) is 0 Å². The quantitative estimate of drug-likeness (QED) is 0.705. The molecule has 8 heavy (non-hydrogen) atoms. The van der Waals surface area contributed by atoms with E-state index in [0.717, 1.165) is 0 Å². The van der Waals surface area contributed by atoms with Gasteiger partial charge in [-0.25, -0.2) is 4.79 Å². The maximum absolute atomic E-state index is 9.52. The normalized spacial score (nSPS) is 16.9. The summed E-state index contributed by atoms with van der Waals surface area (Å²) in [5, 5.41) is -0.278. The molecule has 0 aromatic rings. The fourth-order valence-electron chi connectivity index (χ4n) is 0.140. The Labute approximate surface area is 64.8 Å². The van der Waals surface area contributed by atoms with Gasteiger partial charge in [0.25, 0.3) is 0 Å². The highest BCUT2D eigenvalue weighted by Crippen LogP contribution is 2.12. The average molecular weight is 245 g/mol. The Hall–Kier alpha value is 0.430. The lowest BCUT2D eigenvalue weighted by atomic mass is 10.5. The SMILES string of the molecule is CC(Br)C(Br)O[C]=O. The van der Waals surface area contributed by atoms with Crippen molar-refractivity contribution in [2.75, 3.05) is 0 Å². The summed E-state index contributed by atoms with van der Waals surface area (Å²) in [6.45, 7) is 3.18. The van der Waals surface area contributed by atoms with Crippen molar-refractivity contribution in [3.63, 3.8) is 0 Å². The van der Waals surface area contributed by atoms with Crippen molar-refractivity contribution in [2.45, 2.75) is 16.8 Å². The summed E-state index contributed by atoms with van der Waals surface area (Å²) in [7, 11) is 0. The molecule has 0 saturated carbocycles. The molecule has 0 aliphatic carbocycles. The number of rotatable bonds is 3. The molecule has 0 rings (SSSR count). The molecule has 0 aromatic heterocycles. The van der Waals surface area contributed by atoms with Gasteiger partial charge in [-0.15, -0.1) is 0 Å². The van der Waals surface area contributed by atoms with Crippen LogP contribution in [0.1, 0.15) is 6.92 Å². The lowest BCUT2D eigenvalue weighted by molar-refractivity contribution is 0.260. The molecule has 0 aliphatic heterocycles. The van der Waals surface area contributed by atoms with Gasteiger partial charge in [0.05, 0.1) is 4.83 Å². The Bertz CT molecular complexity index is 74.4. The molecule has 0 aromatic carbocycles. The molecule has 0 N–H and O–H groups in total. The Kier molecular flexibility index (Phi) is 4.56. The maximum atomic E-state index is 9.52. The lowest BCUT2D eigenvalue weighted by Gasteiger charge is -2.07. The van der Waals surface area contributed by atoms with Crippen molar-refractivity contribution in [3.8, 4) is 0 Å². The predicted molar refractivity (Wildman–Crippen MR) is 37.9 cm³/mol. The number of hydrogen-bond donors (Lipinski definition) is 0. The fraction of sp³-hybridized carbons (Fsp3) is 0.750. The molecule has 1 radical (unpaired) electrons. The van der Waals surface area contributed by atoms with Gasteiger partial charge < -0.3 is 4.74 Å². The summed E-state index contributed by atoms with van der Waals surface area (Å²) in [6.07, 6.45) is 0. The summed E-state index contributed by atoms with van der Waals surface area (Å²) in [4.78, 5) is 9.64. The molecule has 0 saturated heterocycles. The van der Waals surface area contributed by atoms with Gasteiger partial charge >= 0.3 is 6.47 Å². The van der Waals surface area contributed by atoms with Gasteiger partial charge in [-0.1, -0.05) is 15.9 Å². The van der Waals surface area contributed by atoms with Crippen LogP contribution >= 0.6 is 31.9 Å². The predicted octanol–water partition coefficient (Wildman–Crippen LogP) is 1.57. The molecular weight excluding hydrogens is 240 g/mol. The molecule has 0 amide bonds. The van der Waals surface area contributed by atoms with Crippen molar-refractivity contribution < 1.29 is 9.53 Å². The smallest absolute Gasteiger partial charge is 0.418 e.